The van der Waals surface area contributed by atoms with Gasteiger partial charge in [-0.05, 0) is 31.0 Å². The fourth-order valence-electron chi connectivity index (χ4n) is 2.62. The second kappa shape index (κ2) is 7.09. The highest BCUT2D eigenvalue weighted by Gasteiger charge is 2.20. The number of hydrogen-bond acceptors (Lipinski definition) is 4. The number of carbonyl (C=O) groups is 2. The highest BCUT2D eigenvalue weighted by atomic mass is 16.4. The number of aryl methyl sites for hydroxylation is 1. The van der Waals surface area contributed by atoms with Crippen LogP contribution in [0.2, 0.25) is 0 Å². The van der Waals surface area contributed by atoms with E-state index in [1.54, 1.807) is 25.1 Å². The number of nitrogens with zero attached hydrogens (tertiary/aromatic N) is 1. The monoisotopic (exact) mass is 317 g/mol. The van der Waals surface area contributed by atoms with Gasteiger partial charge in [0.15, 0.2) is 6.29 Å². The molecule has 1 heterocycles. The van der Waals surface area contributed by atoms with Crippen molar-refractivity contribution >= 4 is 29.0 Å². The summed E-state index contributed by atoms with van der Waals surface area (Å²) in [6.45, 7) is 4.01. The Morgan fingerprint density at radius 2 is 2.09 bits per heavy atom. The first-order chi connectivity index (χ1) is 11.0. The average molecular weight is 317 g/mol. The molecule has 23 heavy (non-hydrogen) atoms. The van der Waals surface area contributed by atoms with Crippen LogP contribution in [0.25, 0.3) is 11.0 Å². The van der Waals surface area contributed by atoms with E-state index >= 15 is 0 Å². The van der Waals surface area contributed by atoms with E-state index in [9.17, 15) is 19.5 Å². The Morgan fingerprint density at radius 1 is 1.35 bits per heavy atom. The maximum absolute atomic E-state index is 11.8. The van der Waals surface area contributed by atoms with Gasteiger partial charge in [0, 0.05) is 11.9 Å². The number of unbranched alkanes of at least 4 members (excludes halogenated alkanes) is 2. The Hall–Kier alpha value is -2.63. The van der Waals surface area contributed by atoms with Crippen molar-refractivity contribution in [3.05, 3.63) is 39.7 Å². The van der Waals surface area contributed by atoms with E-state index in [4.69, 9.17) is 4.42 Å². The zero-order valence-corrected chi connectivity index (χ0v) is 13.2. The Morgan fingerprint density at radius 3 is 2.70 bits per heavy atom. The van der Waals surface area contributed by atoms with Gasteiger partial charge in [-0.1, -0.05) is 25.8 Å². The lowest BCUT2D eigenvalue weighted by molar-refractivity contribution is 0.111. The van der Waals surface area contributed by atoms with Crippen LogP contribution in [0.15, 0.2) is 27.4 Å². The van der Waals surface area contributed by atoms with Gasteiger partial charge in [0.25, 0.3) is 0 Å². The van der Waals surface area contributed by atoms with Gasteiger partial charge in [-0.25, -0.2) is 9.59 Å². The number of hydrogen-bond donors (Lipinski definition) is 1. The third-order valence-corrected chi connectivity index (χ3v) is 3.83. The highest BCUT2D eigenvalue weighted by Crippen LogP contribution is 2.30. The van der Waals surface area contributed by atoms with E-state index in [-0.39, 0.29) is 11.1 Å². The Bertz CT molecular complexity index is 793. The lowest BCUT2D eigenvalue weighted by Gasteiger charge is -2.21. The van der Waals surface area contributed by atoms with Crippen molar-refractivity contribution in [2.24, 2.45) is 0 Å². The first-order valence-corrected chi connectivity index (χ1v) is 7.53. The molecule has 6 heteroatoms. The summed E-state index contributed by atoms with van der Waals surface area (Å²) in [7, 11) is 0. The normalized spacial score (nSPS) is 10.7. The van der Waals surface area contributed by atoms with Gasteiger partial charge >= 0.3 is 11.7 Å². The molecule has 1 N–H and O–H groups in total. The van der Waals surface area contributed by atoms with Crippen LogP contribution in [-0.4, -0.2) is 24.0 Å². The summed E-state index contributed by atoms with van der Waals surface area (Å²) in [5, 5.41) is 10.0. The second-order valence-corrected chi connectivity index (χ2v) is 5.34. The molecule has 0 atom stereocenters. The molecule has 1 aromatic carbocycles. The van der Waals surface area contributed by atoms with Crippen molar-refractivity contribution in [1.29, 1.82) is 0 Å². The van der Waals surface area contributed by atoms with Crippen LogP contribution in [0.5, 0.6) is 0 Å². The first-order valence-electron chi connectivity index (χ1n) is 7.53. The van der Waals surface area contributed by atoms with Gasteiger partial charge in [-0.15, -0.1) is 0 Å². The highest BCUT2D eigenvalue weighted by molar-refractivity contribution is 6.02. The summed E-state index contributed by atoms with van der Waals surface area (Å²) < 4.78 is 5.15. The maximum atomic E-state index is 11.8. The van der Waals surface area contributed by atoms with Crippen LogP contribution in [0.1, 0.15) is 42.1 Å². The summed E-state index contributed by atoms with van der Waals surface area (Å²) in [6.07, 6.45) is 2.00. The summed E-state index contributed by atoms with van der Waals surface area (Å²) in [5.41, 5.74) is 0.343. The van der Waals surface area contributed by atoms with Crippen LogP contribution >= 0.6 is 0 Å². The van der Waals surface area contributed by atoms with Crippen molar-refractivity contribution in [2.45, 2.75) is 33.1 Å². The predicted octanol–water partition coefficient (Wildman–Crippen LogP) is 3.59. The van der Waals surface area contributed by atoms with Gasteiger partial charge in [0.1, 0.15) is 11.1 Å². The SMILES string of the molecule is CCCCCN(C(=O)O)c1cccc2oc(=O)c(C=O)c(C)c12. The molecule has 0 spiro atoms. The molecule has 0 fully saturated rings. The van der Waals surface area contributed by atoms with E-state index < -0.39 is 11.7 Å². The molecule has 0 aliphatic heterocycles. The molecule has 0 radical (unpaired) electrons. The Labute approximate surface area is 133 Å². The zero-order chi connectivity index (χ0) is 17.0. The summed E-state index contributed by atoms with van der Waals surface area (Å²) in [4.78, 5) is 35.8. The molecular formula is C17H19NO5. The molecular weight excluding hydrogens is 298 g/mol. The van der Waals surface area contributed by atoms with Crippen molar-refractivity contribution in [3.63, 3.8) is 0 Å². The van der Waals surface area contributed by atoms with E-state index in [0.29, 0.717) is 29.5 Å². The van der Waals surface area contributed by atoms with Crippen LogP contribution < -0.4 is 10.5 Å². The second-order valence-electron chi connectivity index (χ2n) is 5.34. The number of carbonyl (C=O) groups excluding carboxylic acids is 1. The minimum atomic E-state index is -1.08. The third-order valence-electron chi connectivity index (χ3n) is 3.83. The zero-order valence-electron chi connectivity index (χ0n) is 13.2. The summed E-state index contributed by atoms with van der Waals surface area (Å²) >= 11 is 0. The Kier molecular flexibility index (Phi) is 5.16. The van der Waals surface area contributed by atoms with Gasteiger partial charge < -0.3 is 9.52 Å². The number of carboxylic acid groups (broad SMARTS) is 1. The van der Waals surface area contributed by atoms with Gasteiger partial charge in [0.2, 0.25) is 0 Å². The number of fused-ring (bicyclic) bond motifs is 1. The van der Waals surface area contributed by atoms with Crippen molar-refractivity contribution < 1.29 is 19.1 Å². The molecule has 1 aromatic heterocycles. The number of aldehydes is 1. The van der Waals surface area contributed by atoms with E-state index in [0.717, 1.165) is 19.3 Å². The number of amides is 1. The van der Waals surface area contributed by atoms with Crippen LogP contribution in [0.3, 0.4) is 0 Å². The van der Waals surface area contributed by atoms with Crippen molar-refractivity contribution in [1.82, 2.24) is 0 Å². The fourth-order valence-corrected chi connectivity index (χ4v) is 2.62. The Balaban J connectivity index is 2.65. The first kappa shape index (κ1) is 16.7. The molecule has 0 bridgehead atoms. The van der Waals surface area contributed by atoms with Crippen LogP contribution in [0, 0.1) is 6.92 Å². The van der Waals surface area contributed by atoms with E-state index in [2.05, 4.69) is 0 Å². The van der Waals surface area contributed by atoms with Gasteiger partial charge in [0.05, 0.1) is 5.69 Å². The van der Waals surface area contributed by atoms with Crippen molar-refractivity contribution in [2.75, 3.05) is 11.4 Å². The molecule has 0 aliphatic carbocycles. The lowest BCUT2D eigenvalue weighted by atomic mass is 10.0. The molecule has 2 rings (SSSR count). The molecule has 122 valence electrons. The third kappa shape index (κ3) is 3.26. The molecule has 1 amide bonds. The van der Waals surface area contributed by atoms with Gasteiger partial charge in [-0.3, -0.25) is 9.69 Å². The summed E-state index contributed by atoms with van der Waals surface area (Å²) in [6, 6.07) is 4.88. The summed E-state index contributed by atoms with van der Waals surface area (Å²) in [5.74, 6) is 0. The van der Waals surface area contributed by atoms with Crippen molar-refractivity contribution in [3.8, 4) is 0 Å². The fraction of sp³-hybridized carbons (Fsp3) is 0.353. The minimum Gasteiger partial charge on any atom is -0.465 e. The predicted molar refractivity (Wildman–Crippen MR) is 87.5 cm³/mol. The molecule has 0 saturated carbocycles. The topological polar surface area (TPSA) is 87.8 Å². The number of anilines is 1. The minimum absolute atomic E-state index is 0.0798. The lowest BCUT2D eigenvalue weighted by Crippen LogP contribution is -2.30. The quantitative estimate of drug-likeness (QED) is 0.500. The standard InChI is InChI=1S/C17H19NO5/c1-3-4-5-9-18(17(21)22)13-7-6-8-14-15(13)11(2)12(10-19)16(20)23-14/h6-8,10H,3-5,9H2,1-2H3,(H,21,22). The van der Waals surface area contributed by atoms with E-state index in [1.807, 2.05) is 6.92 Å². The largest absolute Gasteiger partial charge is 0.465 e. The van der Waals surface area contributed by atoms with Gasteiger partial charge in [-0.2, -0.15) is 0 Å². The molecule has 0 aliphatic rings. The van der Waals surface area contributed by atoms with E-state index in [1.165, 1.54) is 4.90 Å². The molecule has 0 saturated heterocycles. The average Bonchev–Trinajstić information content (AvgIpc) is 2.51. The number of rotatable bonds is 6. The maximum Gasteiger partial charge on any atom is 0.411 e. The molecule has 6 nitrogen and oxygen atoms in total. The molecule has 0 unspecified atom stereocenters. The number of benzene rings is 1. The smallest absolute Gasteiger partial charge is 0.411 e. The van der Waals surface area contributed by atoms with Crippen LogP contribution in [-0.2, 0) is 0 Å². The molecule has 2 aromatic rings. The van der Waals surface area contributed by atoms with Crippen LogP contribution in [0.4, 0.5) is 10.5 Å².